The highest BCUT2D eigenvalue weighted by atomic mass is 16.2. The average molecular weight is 276 g/mol. The Bertz CT molecular complexity index is 458. The van der Waals surface area contributed by atoms with Crippen molar-refractivity contribution in [3.8, 4) is 0 Å². The highest BCUT2D eigenvalue weighted by Crippen LogP contribution is 2.38. The van der Waals surface area contributed by atoms with Gasteiger partial charge in [-0.1, -0.05) is 6.92 Å². The van der Waals surface area contributed by atoms with E-state index in [4.69, 9.17) is 0 Å². The molecule has 1 aromatic heterocycles. The fraction of sp³-hybridized carbons (Fsp3) is 0.733. The SMILES string of the molecule is CCCN1CCC(NC(=O)c2cc(C3CC3)[nH]n2)CC1. The molecule has 2 N–H and O–H groups in total. The number of likely N-dealkylation sites (tertiary alicyclic amines) is 1. The zero-order valence-electron chi connectivity index (χ0n) is 12.2. The third-order valence-electron chi connectivity index (χ3n) is 4.31. The largest absolute Gasteiger partial charge is 0.348 e. The number of H-pyrrole nitrogens is 1. The van der Waals surface area contributed by atoms with Gasteiger partial charge in [0.2, 0.25) is 0 Å². The molecule has 2 heterocycles. The second kappa shape index (κ2) is 5.95. The van der Waals surface area contributed by atoms with Gasteiger partial charge >= 0.3 is 0 Å². The van der Waals surface area contributed by atoms with Crippen molar-refractivity contribution in [3.05, 3.63) is 17.5 Å². The zero-order valence-corrected chi connectivity index (χ0v) is 12.2. The first kappa shape index (κ1) is 13.6. The molecular formula is C15H24N4O. The lowest BCUT2D eigenvalue weighted by atomic mass is 10.0. The summed E-state index contributed by atoms with van der Waals surface area (Å²) < 4.78 is 0. The molecule has 20 heavy (non-hydrogen) atoms. The summed E-state index contributed by atoms with van der Waals surface area (Å²) in [6.45, 7) is 5.56. The molecule has 1 aromatic rings. The lowest BCUT2D eigenvalue weighted by molar-refractivity contribution is 0.0906. The van der Waals surface area contributed by atoms with E-state index in [1.165, 1.54) is 25.8 Å². The summed E-state index contributed by atoms with van der Waals surface area (Å²) in [4.78, 5) is 14.6. The number of hydrogen-bond acceptors (Lipinski definition) is 3. The van der Waals surface area contributed by atoms with E-state index in [-0.39, 0.29) is 5.91 Å². The average Bonchev–Trinajstić information content (AvgIpc) is 3.19. The van der Waals surface area contributed by atoms with Gasteiger partial charge in [-0.3, -0.25) is 9.89 Å². The molecule has 2 fully saturated rings. The van der Waals surface area contributed by atoms with Crippen molar-refractivity contribution in [1.82, 2.24) is 20.4 Å². The normalized spacial score (nSPS) is 21.1. The molecule has 1 saturated heterocycles. The van der Waals surface area contributed by atoms with Crippen molar-refractivity contribution in [2.24, 2.45) is 0 Å². The molecule has 5 heteroatoms. The van der Waals surface area contributed by atoms with Crippen LogP contribution in [0, 0.1) is 0 Å². The Kier molecular flexibility index (Phi) is 4.05. The number of hydrogen-bond donors (Lipinski definition) is 2. The van der Waals surface area contributed by atoms with Gasteiger partial charge in [-0.2, -0.15) is 5.10 Å². The van der Waals surface area contributed by atoms with Crippen LogP contribution in [0.15, 0.2) is 6.07 Å². The third-order valence-corrected chi connectivity index (χ3v) is 4.31. The van der Waals surface area contributed by atoms with E-state index < -0.39 is 0 Å². The number of rotatable bonds is 5. The Balaban J connectivity index is 1.48. The molecule has 0 radical (unpaired) electrons. The molecule has 1 saturated carbocycles. The Morgan fingerprint density at radius 1 is 1.40 bits per heavy atom. The monoisotopic (exact) mass is 276 g/mol. The van der Waals surface area contributed by atoms with Crippen molar-refractivity contribution >= 4 is 5.91 Å². The molecule has 5 nitrogen and oxygen atoms in total. The van der Waals surface area contributed by atoms with Crippen molar-refractivity contribution in [2.75, 3.05) is 19.6 Å². The predicted molar refractivity (Wildman–Crippen MR) is 77.8 cm³/mol. The van der Waals surface area contributed by atoms with E-state index in [1.54, 1.807) is 0 Å². The fourth-order valence-corrected chi connectivity index (χ4v) is 2.93. The molecule has 1 amide bonds. The first-order valence-electron chi connectivity index (χ1n) is 7.84. The van der Waals surface area contributed by atoms with Crippen LogP contribution in [0.2, 0.25) is 0 Å². The van der Waals surface area contributed by atoms with Crippen LogP contribution >= 0.6 is 0 Å². The minimum Gasteiger partial charge on any atom is -0.348 e. The summed E-state index contributed by atoms with van der Waals surface area (Å²) in [6.07, 6.45) is 5.74. The van der Waals surface area contributed by atoms with E-state index in [0.717, 1.165) is 31.6 Å². The molecular weight excluding hydrogens is 252 g/mol. The highest BCUT2D eigenvalue weighted by Gasteiger charge is 2.27. The second-order valence-electron chi connectivity index (χ2n) is 6.07. The number of piperidine rings is 1. The molecule has 1 aliphatic heterocycles. The van der Waals surface area contributed by atoms with Crippen LogP contribution in [0.5, 0.6) is 0 Å². The molecule has 2 aliphatic rings. The Labute approximate surface area is 120 Å². The van der Waals surface area contributed by atoms with E-state index in [9.17, 15) is 4.79 Å². The maximum atomic E-state index is 12.2. The summed E-state index contributed by atoms with van der Waals surface area (Å²) >= 11 is 0. The number of amides is 1. The van der Waals surface area contributed by atoms with Crippen LogP contribution in [0.25, 0.3) is 0 Å². The topological polar surface area (TPSA) is 61.0 Å². The van der Waals surface area contributed by atoms with Crippen LogP contribution < -0.4 is 5.32 Å². The van der Waals surface area contributed by atoms with E-state index in [2.05, 4.69) is 27.3 Å². The number of aromatic amines is 1. The Hall–Kier alpha value is -1.36. The van der Waals surface area contributed by atoms with Crippen LogP contribution in [-0.2, 0) is 0 Å². The molecule has 0 spiro atoms. The van der Waals surface area contributed by atoms with Gasteiger partial charge in [0, 0.05) is 30.7 Å². The first-order valence-corrected chi connectivity index (χ1v) is 7.84. The van der Waals surface area contributed by atoms with E-state index in [0.29, 0.717) is 17.7 Å². The molecule has 0 unspecified atom stereocenters. The summed E-state index contributed by atoms with van der Waals surface area (Å²) in [7, 11) is 0. The number of carbonyl (C=O) groups is 1. The molecule has 3 rings (SSSR count). The molecule has 0 bridgehead atoms. The minimum absolute atomic E-state index is 0.0258. The minimum atomic E-state index is -0.0258. The maximum absolute atomic E-state index is 12.2. The van der Waals surface area contributed by atoms with Crippen LogP contribution in [0.1, 0.15) is 61.1 Å². The smallest absolute Gasteiger partial charge is 0.271 e. The van der Waals surface area contributed by atoms with Gasteiger partial charge < -0.3 is 10.2 Å². The highest BCUT2D eigenvalue weighted by molar-refractivity contribution is 5.92. The van der Waals surface area contributed by atoms with Gasteiger partial charge in [0.15, 0.2) is 0 Å². The summed E-state index contributed by atoms with van der Waals surface area (Å²) in [5, 5.41) is 10.3. The Morgan fingerprint density at radius 2 is 2.15 bits per heavy atom. The quantitative estimate of drug-likeness (QED) is 0.863. The molecule has 0 atom stereocenters. The second-order valence-corrected chi connectivity index (χ2v) is 6.07. The van der Waals surface area contributed by atoms with Gasteiger partial charge in [-0.05, 0) is 44.7 Å². The van der Waals surface area contributed by atoms with E-state index in [1.807, 2.05) is 6.07 Å². The summed E-state index contributed by atoms with van der Waals surface area (Å²) in [5.74, 6) is 0.587. The van der Waals surface area contributed by atoms with Crippen molar-refractivity contribution in [1.29, 1.82) is 0 Å². The lowest BCUT2D eigenvalue weighted by Gasteiger charge is -2.31. The Morgan fingerprint density at radius 3 is 2.80 bits per heavy atom. The fourth-order valence-electron chi connectivity index (χ4n) is 2.93. The summed E-state index contributed by atoms with van der Waals surface area (Å²) in [6, 6.07) is 2.22. The molecule has 0 aromatic carbocycles. The van der Waals surface area contributed by atoms with Gasteiger partial charge in [0.1, 0.15) is 5.69 Å². The van der Waals surface area contributed by atoms with Crippen LogP contribution in [0.4, 0.5) is 0 Å². The van der Waals surface area contributed by atoms with Gasteiger partial charge in [-0.15, -0.1) is 0 Å². The number of aromatic nitrogens is 2. The van der Waals surface area contributed by atoms with E-state index >= 15 is 0 Å². The maximum Gasteiger partial charge on any atom is 0.271 e. The first-order chi connectivity index (χ1) is 9.76. The van der Waals surface area contributed by atoms with Gasteiger partial charge in [0.25, 0.3) is 5.91 Å². The third kappa shape index (κ3) is 3.20. The van der Waals surface area contributed by atoms with Gasteiger partial charge in [0.05, 0.1) is 0 Å². The summed E-state index contributed by atoms with van der Waals surface area (Å²) in [5.41, 5.74) is 1.66. The van der Waals surface area contributed by atoms with Gasteiger partial charge in [-0.25, -0.2) is 0 Å². The molecule has 1 aliphatic carbocycles. The molecule has 110 valence electrons. The van der Waals surface area contributed by atoms with Crippen molar-refractivity contribution in [2.45, 2.75) is 51.0 Å². The predicted octanol–water partition coefficient (Wildman–Crippen LogP) is 1.89. The number of nitrogens with one attached hydrogen (secondary N) is 2. The number of nitrogens with zero attached hydrogens (tertiary/aromatic N) is 2. The lowest BCUT2D eigenvalue weighted by Crippen LogP contribution is -2.44. The van der Waals surface area contributed by atoms with Crippen LogP contribution in [-0.4, -0.2) is 46.7 Å². The zero-order chi connectivity index (χ0) is 13.9. The van der Waals surface area contributed by atoms with Crippen molar-refractivity contribution in [3.63, 3.8) is 0 Å². The standard InChI is InChI=1S/C15H24N4O/c1-2-7-19-8-5-12(6-9-19)16-15(20)14-10-13(17-18-14)11-3-4-11/h10-12H,2-9H2,1H3,(H,16,20)(H,17,18). The van der Waals surface area contributed by atoms with Crippen molar-refractivity contribution < 1.29 is 4.79 Å². The number of carbonyl (C=O) groups excluding carboxylic acids is 1. The van der Waals surface area contributed by atoms with Crippen LogP contribution in [0.3, 0.4) is 0 Å².